The minimum atomic E-state index is 0. The molecule has 3 rings (SSSR count). The summed E-state index contributed by atoms with van der Waals surface area (Å²) in [7, 11) is 0. The van der Waals surface area contributed by atoms with E-state index in [9.17, 15) is 4.79 Å². The number of aromatic nitrogens is 2. The number of amides is 1. The molecule has 0 atom stereocenters. The molecule has 0 aliphatic rings. The molecule has 3 N–H and O–H groups in total. The summed E-state index contributed by atoms with van der Waals surface area (Å²) >= 11 is 1.04. The van der Waals surface area contributed by atoms with Crippen molar-refractivity contribution < 1.29 is 34.5 Å². The maximum Gasteiger partial charge on any atom is 0.220 e. The zero-order valence-corrected chi connectivity index (χ0v) is 23.0. The first-order valence-electron chi connectivity index (χ1n) is 11.3. The number of benzene rings is 1. The van der Waals surface area contributed by atoms with Gasteiger partial charge < -0.3 is 5.32 Å². The molecule has 0 fully saturated rings. The summed E-state index contributed by atoms with van der Waals surface area (Å²) in [4.78, 5) is 28.4. The smallest absolute Gasteiger partial charge is 0.220 e. The molecule has 0 spiro atoms. The molecule has 1 radical (unpaired) electrons. The molecule has 0 aliphatic carbocycles. The van der Waals surface area contributed by atoms with Crippen LogP contribution in [0.1, 0.15) is 36.2 Å². The molecule has 35 heavy (non-hydrogen) atoms. The number of carbonyl (C=O) groups is 1. The molecule has 0 bridgehead atoms. The standard InChI is InChI=1S/C25H31N5O3S.Re/c26-32-33-34-24-12-10-21(11-13-24)14-17-29-25(31)9-3-6-18-30(19-22-7-1-4-15-27-22)20-23-8-2-5-16-28-23;/h1-2,4-5,7-8,10-13,15-16H,3,6,9,14,17-20,26H2,(H,29,31);. The van der Waals surface area contributed by atoms with Gasteiger partial charge in [0, 0.05) is 63.8 Å². The zero-order chi connectivity index (χ0) is 23.8. The van der Waals surface area contributed by atoms with Gasteiger partial charge in [0.1, 0.15) is 0 Å². The van der Waals surface area contributed by atoms with Gasteiger partial charge in [0.2, 0.25) is 5.91 Å². The SMILES string of the molecule is NOOSc1ccc(CCNC(=O)CCCCN(Cc2ccccn2)Cc2ccccn2)cc1.[Re]. The van der Waals surface area contributed by atoms with E-state index in [1.165, 1.54) is 0 Å². The van der Waals surface area contributed by atoms with Crippen LogP contribution in [-0.2, 0) is 54.0 Å². The minimum absolute atomic E-state index is 0. The minimum Gasteiger partial charge on any atom is -0.356 e. The maximum absolute atomic E-state index is 12.2. The fraction of sp³-hybridized carbons (Fsp3) is 0.320. The Hall–Kier alpha value is -2.16. The third kappa shape index (κ3) is 11.9. The molecular formula is C25H31N5O3ReS. The van der Waals surface area contributed by atoms with Gasteiger partial charge in [-0.1, -0.05) is 24.3 Å². The van der Waals surface area contributed by atoms with E-state index in [1.807, 2.05) is 73.1 Å². The molecule has 1 amide bonds. The molecule has 8 nitrogen and oxygen atoms in total. The molecule has 0 unspecified atom stereocenters. The van der Waals surface area contributed by atoms with E-state index in [0.29, 0.717) is 13.0 Å². The van der Waals surface area contributed by atoms with Gasteiger partial charge >= 0.3 is 0 Å². The average molecular weight is 668 g/mol. The van der Waals surface area contributed by atoms with Crippen LogP contribution in [0.2, 0.25) is 0 Å². The summed E-state index contributed by atoms with van der Waals surface area (Å²) in [6, 6.07) is 19.7. The Morgan fingerprint density at radius 2 is 1.60 bits per heavy atom. The van der Waals surface area contributed by atoms with Gasteiger partial charge in [-0.15, -0.1) is 9.32 Å². The quantitative estimate of drug-likeness (QED) is 0.109. The fourth-order valence-corrected chi connectivity index (χ4v) is 3.85. The Bertz CT molecular complexity index is 926. The summed E-state index contributed by atoms with van der Waals surface area (Å²) in [6.45, 7) is 3.00. The summed E-state index contributed by atoms with van der Waals surface area (Å²) in [5.41, 5.74) is 3.20. The Balaban J connectivity index is 0.00000432. The van der Waals surface area contributed by atoms with E-state index in [2.05, 4.69) is 29.5 Å². The second kappa shape index (κ2) is 17.3. The Morgan fingerprint density at radius 1 is 0.943 bits per heavy atom. The third-order valence-corrected chi connectivity index (χ3v) is 5.79. The first-order chi connectivity index (χ1) is 16.7. The molecule has 0 saturated carbocycles. The average Bonchev–Trinajstić information content (AvgIpc) is 2.87. The van der Waals surface area contributed by atoms with Gasteiger partial charge in [0.25, 0.3) is 0 Å². The summed E-state index contributed by atoms with van der Waals surface area (Å²) < 4.78 is 4.62. The third-order valence-electron chi connectivity index (χ3n) is 5.18. The first-order valence-corrected chi connectivity index (χ1v) is 12.0. The Kier molecular flexibility index (Phi) is 14.4. The monoisotopic (exact) mass is 668 g/mol. The van der Waals surface area contributed by atoms with Gasteiger partial charge in [-0.2, -0.15) is 5.90 Å². The maximum atomic E-state index is 12.2. The number of pyridine rings is 2. The van der Waals surface area contributed by atoms with E-state index in [0.717, 1.165) is 72.8 Å². The zero-order valence-electron chi connectivity index (χ0n) is 19.5. The Labute approximate surface area is 224 Å². The second-order valence-electron chi connectivity index (χ2n) is 7.80. The van der Waals surface area contributed by atoms with Crippen molar-refractivity contribution in [3.63, 3.8) is 0 Å². The van der Waals surface area contributed by atoms with Gasteiger partial charge in [-0.05, 0) is 67.8 Å². The van der Waals surface area contributed by atoms with Crippen LogP contribution >= 0.6 is 12.0 Å². The molecule has 2 aromatic heterocycles. The number of rotatable bonds is 15. The van der Waals surface area contributed by atoms with Gasteiger partial charge in [-0.25, -0.2) is 0 Å². The van der Waals surface area contributed by atoms with Crippen LogP contribution in [0.5, 0.6) is 0 Å². The molecule has 2 heterocycles. The van der Waals surface area contributed by atoms with Gasteiger partial charge in [0.05, 0.1) is 23.4 Å². The summed E-state index contributed by atoms with van der Waals surface area (Å²) in [5, 5.41) is 3.01. The van der Waals surface area contributed by atoms with Crippen molar-refractivity contribution in [3.8, 4) is 0 Å². The fourth-order valence-electron chi connectivity index (χ4n) is 3.48. The van der Waals surface area contributed by atoms with E-state index in [4.69, 9.17) is 5.90 Å². The molecule has 0 saturated heterocycles. The number of unbranched alkanes of at least 4 members (excludes halogenated alkanes) is 1. The molecular weight excluding hydrogens is 637 g/mol. The van der Waals surface area contributed by atoms with Gasteiger partial charge in [-0.3, -0.25) is 19.7 Å². The van der Waals surface area contributed by atoms with Crippen molar-refractivity contribution in [2.45, 2.75) is 43.7 Å². The number of nitrogens with one attached hydrogen (secondary N) is 1. The van der Waals surface area contributed by atoms with Crippen molar-refractivity contribution in [2.24, 2.45) is 5.90 Å². The largest absolute Gasteiger partial charge is 0.356 e. The van der Waals surface area contributed by atoms with Crippen molar-refractivity contribution in [1.29, 1.82) is 0 Å². The van der Waals surface area contributed by atoms with Crippen LogP contribution in [0, 0.1) is 0 Å². The molecule has 1 aromatic carbocycles. The van der Waals surface area contributed by atoms with Crippen LogP contribution in [-0.4, -0.2) is 33.9 Å². The first kappa shape index (κ1) is 29.1. The topological polar surface area (TPSA) is 103 Å². The van der Waals surface area contributed by atoms with Crippen molar-refractivity contribution in [1.82, 2.24) is 20.2 Å². The molecule has 0 aliphatic heterocycles. The van der Waals surface area contributed by atoms with Crippen LogP contribution in [0.4, 0.5) is 0 Å². The van der Waals surface area contributed by atoms with E-state index < -0.39 is 0 Å². The number of hydrogen-bond donors (Lipinski definition) is 2. The predicted molar refractivity (Wildman–Crippen MR) is 132 cm³/mol. The van der Waals surface area contributed by atoms with E-state index >= 15 is 0 Å². The molecule has 10 heteroatoms. The number of hydrogen-bond acceptors (Lipinski definition) is 8. The Morgan fingerprint density at radius 3 is 2.17 bits per heavy atom. The molecule has 3 aromatic rings. The van der Waals surface area contributed by atoms with Crippen molar-refractivity contribution in [3.05, 3.63) is 90.0 Å². The van der Waals surface area contributed by atoms with E-state index in [1.54, 1.807) is 0 Å². The van der Waals surface area contributed by atoms with Crippen LogP contribution < -0.4 is 11.2 Å². The second-order valence-corrected chi connectivity index (χ2v) is 8.58. The predicted octanol–water partition coefficient (Wildman–Crippen LogP) is 3.83. The van der Waals surface area contributed by atoms with Crippen molar-refractivity contribution in [2.75, 3.05) is 13.1 Å². The molecule has 187 valence electrons. The number of carbonyl (C=O) groups excluding carboxylic acids is 1. The van der Waals surface area contributed by atoms with Crippen molar-refractivity contribution >= 4 is 17.9 Å². The van der Waals surface area contributed by atoms with E-state index in [-0.39, 0.29) is 26.3 Å². The van der Waals surface area contributed by atoms with Crippen LogP contribution in [0.25, 0.3) is 0 Å². The summed E-state index contributed by atoms with van der Waals surface area (Å²) in [5.74, 6) is 4.92. The number of nitrogens with zero attached hydrogens (tertiary/aromatic N) is 3. The summed E-state index contributed by atoms with van der Waals surface area (Å²) in [6.07, 6.45) is 6.69. The van der Waals surface area contributed by atoms with Crippen LogP contribution in [0.3, 0.4) is 0 Å². The normalized spacial score (nSPS) is 10.7. The van der Waals surface area contributed by atoms with Crippen LogP contribution in [0.15, 0.2) is 78.0 Å². The number of nitrogens with two attached hydrogens (primary N) is 1. The van der Waals surface area contributed by atoms with Gasteiger partial charge in [0.15, 0.2) is 0 Å².